The van der Waals surface area contributed by atoms with Crippen LogP contribution in [0.4, 0.5) is 0 Å². The Hall–Kier alpha value is -0.910. The van der Waals surface area contributed by atoms with Gasteiger partial charge >= 0.3 is 5.97 Å². The fourth-order valence-corrected chi connectivity index (χ4v) is 1.40. The molecule has 0 amide bonds. The van der Waals surface area contributed by atoms with Gasteiger partial charge in [-0.3, -0.25) is 0 Å². The van der Waals surface area contributed by atoms with Crippen LogP contribution in [0, 0.1) is 5.92 Å². The van der Waals surface area contributed by atoms with E-state index in [0.29, 0.717) is 6.42 Å². The highest BCUT2D eigenvalue weighted by Crippen LogP contribution is 2.28. The van der Waals surface area contributed by atoms with Gasteiger partial charge < -0.3 is 19.3 Å². The first-order valence-electron chi connectivity index (χ1n) is 4.29. The van der Waals surface area contributed by atoms with Crippen LogP contribution in [0.1, 0.15) is 6.42 Å². The van der Waals surface area contributed by atoms with E-state index in [1.807, 2.05) is 0 Å². The smallest absolute Gasteiger partial charge is 0.327 e. The Morgan fingerprint density at radius 3 is 2.71 bits per heavy atom. The average molecular weight is 202 g/mol. The van der Waals surface area contributed by atoms with Crippen LogP contribution in [0.3, 0.4) is 0 Å². The molecule has 3 atom stereocenters. The summed E-state index contributed by atoms with van der Waals surface area (Å²) in [4.78, 5) is 10.3. The first kappa shape index (κ1) is 11.2. The van der Waals surface area contributed by atoms with E-state index >= 15 is 0 Å². The molecule has 1 heterocycles. The van der Waals surface area contributed by atoms with Gasteiger partial charge in [0.25, 0.3) is 0 Å². The predicted octanol–water partition coefficient (Wildman–Crippen LogP) is 0.609. The highest BCUT2D eigenvalue weighted by molar-refractivity contribution is 5.79. The Bertz CT molecular complexity index is 225. The zero-order chi connectivity index (χ0) is 10.6. The van der Waals surface area contributed by atoms with Crippen molar-refractivity contribution in [1.82, 2.24) is 0 Å². The number of methoxy groups -OCH3 is 2. The predicted molar refractivity (Wildman–Crippen MR) is 47.6 cm³/mol. The number of hydrogen-bond donors (Lipinski definition) is 1. The van der Waals surface area contributed by atoms with E-state index in [9.17, 15) is 4.79 Å². The molecule has 0 saturated carbocycles. The molecule has 0 spiro atoms. The fraction of sp³-hybridized carbons (Fsp3) is 0.667. The minimum absolute atomic E-state index is 0.0685. The van der Waals surface area contributed by atoms with Crippen molar-refractivity contribution in [3.8, 4) is 0 Å². The van der Waals surface area contributed by atoms with E-state index in [1.54, 1.807) is 13.2 Å². The maximum Gasteiger partial charge on any atom is 0.327 e. The number of carboxylic acids is 1. The lowest BCUT2D eigenvalue weighted by atomic mass is 10.1. The largest absolute Gasteiger partial charge is 0.478 e. The van der Waals surface area contributed by atoms with Gasteiger partial charge in [0.2, 0.25) is 0 Å². The zero-order valence-electron chi connectivity index (χ0n) is 8.17. The van der Waals surface area contributed by atoms with Crippen LogP contribution in [0.15, 0.2) is 12.2 Å². The molecule has 1 N–H and O–H groups in total. The van der Waals surface area contributed by atoms with E-state index in [-0.39, 0.29) is 12.2 Å². The maximum atomic E-state index is 10.3. The summed E-state index contributed by atoms with van der Waals surface area (Å²) in [6.07, 6.45) is 2.53. The van der Waals surface area contributed by atoms with Crippen molar-refractivity contribution in [2.24, 2.45) is 5.92 Å². The van der Waals surface area contributed by atoms with Crippen LogP contribution in [-0.2, 0) is 19.0 Å². The van der Waals surface area contributed by atoms with Crippen molar-refractivity contribution in [1.29, 1.82) is 0 Å². The molecule has 80 valence electrons. The lowest BCUT2D eigenvalue weighted by Crippen LogP contribution is -2.17. The number of rotatable bonds is 4. The SMILES string of the molecule is CO[C@@H]1C[C@H](/C=C/C(=O)O)[C@@H](OC)O1. The monoisotopic (exact) mass is 202 g/mol. The molecule has 0 aliphatic carbocycles. The normalized spacial score (nSPS) is 32.6. The number of ether oxygens (including phenoxy) is 3. The van der Waals surface area contributed by atoms with Gasteiger partial charge in [-0.25, -0.2) is 4.79 Å². The van der Waals surface area contributed by atoms with Gasteiger partial charge in [0.15, 0.2) is 12.6 Å². The molecule has 0 unspecified atom stereocenters. The summed E-state index contributed by atoms with van der Waals surface area (Å²) < 4.78 is 15.4. The quantitative estimate of drug-likeness (QED) is 0.676. The lowest BCUT2D eigenvalue weighted by molar-refractivity contribution is -0.190. The number of carboxylic acid groups (broad SMARTS) is 1. The summed E-state index contributed by atoms with van der Waals surface area (Å²) in [5.74, 6) is -1.04. The van der Waals surface area contributed by atoms with Gasteiger partial charge in [0.05, 0.1) is 0 Å². The summed E-state index contributed by atoms with van der Waals surface area (Å²) in [5.41, 5.74) is 0. The number of carbonyl (C=O) groups is 1. The Morgan fingerprint density at radius 1 is 1.50 bits per heavy atom. The summed E-state index contributed by atoms with van der Waals surface area (Å²) in [5, 5.41) is 8.46. The lowest BCUT2D eigenvalue weighted by Gasteiger charge is -2.12. The van der Waals surface area contributed by atoms with Crippen LogP contribution in [0.2, 0.25) is 0 Å². The van der Waals surface area contributed by atoms with Gasteiger partial charge in [-0.1, -0.05) is 6.08 Å². The van der Waals surface area contributed by atoms with Gasteiger partial charge in [0, 0.05) is 32.6 Å². The molecular weight excluding hydrogens is 188 g/mol. The molecule has 1 saturated heterocycles. The minimum atomic E-state index is -0.972. The standard InChI is InChI=1S/C9H14O5/c1-12-8-5-6(3-4-7(10)11)9(13-2)14-8/h3-4,6,8-9H,5H2,1-2H3,(H,10,11)/b4-3+/t6-,8-,9-/m0/s1. The van der Waals surface area contributed by atoms with E-state index in [4.69, 9.17) is 19.3 Å². The van der Waals surface area contributed by atoms with Crippen molar-refractivity contribution in [3.63, 3.8) is 0 Å². The van der Waals surface area contributed by atoms with E-state index < -0.39 is 12.3 Å². The van der Waals surface area contributed by atoms with Crippen LogP contribution < -0.4 is 0 Å². The Labute approximate surface area is 82.3 Å². The van der Waals surface area contributed by atoms with Crippen molar-refractivity contribution in [2.75, 3.05) is 14.2 Å². The molecule has 0 aromatic rings. The molecule has 5 nitrogen and oxygen atoms in total. The summed E-state index contributed by atoms with van der Waals surface area (Å²) >= 11 is 0. The third-order valence-electron chi connectivity index (χ3n) is 2.08. The van der Waals surface area contributed by atoms with E-state index in [1.165, 1.54) is 7.11 Å². The highest BCUT2D eigenvalue weighted by Gasteiger charge is 2.33. The molecule has 1 aliphatic heterocycles. The second kappa shape index (κ2) is 5.09. The van der Waals surface area contributed by atoms with Crippen molar-refractivity contribution < 1.29 is 24.1 Å². The summed E-state index contributed by atoms with van der Waals surface area (Å²) in [6, 6.07) is 0. The summed E-state index contributed by atoms with van der Waals surface area (Å²) in [7, 11) is 3.06. The van der Waals surface area contributed by atoms with Gasteiger partial charge in [-0.2, -0.15) is 0 Å². The second-order valence-electron chi connectivity index (χ2n) is 3.00. The summed E-state index contributed by atoms with van der Waals surface area (Å²) in [6.45, 7) is 0. The molecule has 1 rings (SSSR count). The third-order valence-corrected chi connectivity index (χ3v) is 2.08. The zero-order valence-corrected chi connectivity index (χ0v) is 8.17. The Kier molecular flexibility index (Phi) is 4.06. The highest BCUT2D eigenvalue weighted by atomic mass is 16.8. The van der Waals surface area contributed by atoms with Crippen molar-refractivity contribution in [3.05, 3.63) is 12.2 Å². The molecular formula is C9H14O5. The first-order chi connectivity index (χ1) is 6.67. The third kappa shape index (κ3) is 2.80. The molecule has 14 heavy (non-hydrogen) atoms. The maximum absolute atomic E-state index is 10.3. The molecule has 5 heteroatoms. The van der Waals surface area contributed by atoms with Crippen molar-refractivity contribution in [2.45, 2.75) is 19.0 Å². The molecule has 1 aliphatic rings. The van der Waals surface area contributed by atoms with Crippen LogP contribution in [0.25, 0.3) is 0 Å². The van der Waals surface area contributed by atoms with E-state index in [2.05, 4.69) is 0 Å². The topological polar surface area (TPSA) is 65.0 Å². The fourth-order valence-electron chi connectivity index (χ4n) is 1.40. The van der Waals surface area contributed by atoms with Crippen LogP contribution in [-0.4, -0.2) is 37.9 Å². The number of hydrogen-bond acceptors (Lipinski definition) is 4. The van der Waals surface area contributed by atoms with E-state index in [0.717, 1.165) is 6.08 Å². The Balaban J connectivity index is 2.54. The molecule has 0 aromatic carbocycles. The van der Waals surface area contributed by atoms with Crippen molar-refractivity contribution >= 4 is 5.97 Å². The molecule has 0 radical (unpaired) electrons. The molecule has 0 aromatic heterocycles. The van der Waals surface area contributed by atoms with Gasteiger partial charge in [0.1, 0.15) is 0 Å². The second-order valence-corrected chi connectivity index (χ2v) is 3.00. The van der Waals surface area contributed by atoms with Crippen LogP contribution in [0.5, 0.6) is 0 Å². The number of aliphatic carboxylic acids is 1. The van der Waals surface area contributed by atoms with Gasteiger partial charge in [-0.05, 0) is 0 Å². The molecule has 0 bridgehead atoms. The minimum Gasteiger partial charge on any atom is -0.478 e. The Morgan fingerprint density at radius 2 is 2.21 bits per heavy atom. The molecule has 1 fully saturated rings. The average Bonchev–Trinajstić information content (AvgIpc) is 2.57. The first-order valence-corrected chi connectivity index (χ1v) is 4.29. The van der Waals surface area contributed by atoms with Crippen LogP contribution >= 0.6 is 0 Å². The van der Waals surface area contributed by atoms with Gasteiger partial charge in [-0.15, -0.1) is 0 Å².